The number of aromatic nitrogens is 1. The summed E-state index contributed by atoms with van der Waals surface area (Å²) in [5.74, 6) is -1.16. The number of carboxylic acid groups (broad SMARTS) is 1. The molecule has 0 radical (unpaired) electrons. The highest BCUT2D eigenvalue weighted by molar-refractivity contribution is 5.95. The number of piperidine rings is 1. The number of nitrogens with one attached hydrogen (secondary N) is 1. The maximum absolute atomic E-state index is 13.0. The van der Waals surface area contributed by atoms with Crippen LogP contribution in [0.4, 0.5) is 5.69 Å². The van der Waals surface area contributed by atoms with E-state index in [0.29, 0.717) is 23.4 Å². The minimum absolute atomic E-state index is 0.140. The number of aryl methyl sites for hydroxylation is 2. The number of ether oxygens (including phenoxy) is 1. The number of nitrogens with zero attached hydrogens (tertiary/aromatic N) is 2. The number of hydrogen-bond acceptors (Lipinski definition) is 5. The largest absolute Gasteiger partial charge is 0.479 e. The molecule has 228 valence electrons. The van der Waals surface area contributed by atoms with Crippen molar-refractivity contribution in [1.82, 2.24) is 10.3 Å². The number of carbonyl (C=O) groups excluding carboxylic acids is 1. The van der Waals surface area contributed by atoms with Gasteiger partial charge in [0, 0.05) is 47.7 Å². The lowest BCUT2D eigenvalue weighted by Crippen LogP contribution is -2.43. The van der Waals surface area contributed by atoms with Crippen LogP contribution in [-0.4, -0.2) is 40.7 Å². The smallest absolute Gasteiger partial charge is 0.337 e. The van der Waals surface area contributed by atoms with Crippen molar-refractivity contribution in [2.24, 2.45) is 5.41 Å². The second-order valence-corrected chi connectivity index (χ2v) is 13.3. The predicted molar refractivity (Wildman–Crippen MR) is 170 cm³/mol. The molecule has 2 aromatic carbocycles. The molecule has 2 heterocycles. The molecule has 2 fully saturated rings. The molecule has 5 rings (SSSR count). The molecule has 1 spiro atoms. The van der Waals surface area contributed by atoms with Crippen LogP contribution in [0, 0.1) is 19.3 Å². The van der Waals surface area contributed by atoms with Crippen molar-refractivity contribution in [2.45, 2.75) is 91.4 Å². The van der Waals surface area contributed by atoms with E-state index in [9.17, 15) is 14.7 Å². The average Bonchev–Trinajstić information content (AvgIpc) is 3.41. The van der Waals surface area contributed by atoms with Crippen LogP contribution in [0.15, 0.2) is 54.6 Å². The van der Waals surface area contributed by atoms with Gasteiger partial charge in [0.15, 0.2) is 6.10 Å². The molecule has 2 N–H and O–H groups in total. The van der Waals surface area contributed by atoms with Crippen LogP contribution in [0.3, 0.4) is 0 Å². The third-order valence-corrected chi connectivity index (χ3v) is 8.91. The van der Waals surface area contributed by atoms with E-state index in [1.165, 1.54) is 32.1 Å². The van der Waals surface area contributed by atoms with Gasteiger partial charge in [0.25, 0.3) is 5.91 Å². The van der Waals surface area contributed by atoms with Crippen molar-refractivity contribution >= 4 is 17.6 Å². The zero-order chi connectivity index (χ0) is 30.8. The van der Waals surface area contributed by atoms with E-state index in [2.05, 4.69) is 10.2 Å². The normalized spacial score (nSPS) is 17.2. The summed E-state index contributed by atoms with van der Waals surface area (Å²) in [4.78, 5) is 33.1. The molecular formula is C36H45N3O4. The number of aliphatic carboxylic acids is 1. The fourth-order valence-electron chi connectivity index (χ4n) is 7.02. The summed E-state index contributed by atoms with van der Waals surface area (Å²) in [5, 5.41) is 13.5. The van der Waals surface area contributed by atoms with Gasteiger partial charge in [-0.25, -0.2) is 4.79 Å². The molecular weight excluding hydrogens is 538 g/mol. The highest BCUT2D eigenvalue weighted by atomic mass is 16.5. The van der Waals surface area contributed by atoms with Crippen molar-refractivity contribution in [2.75, 3.05) is 18.0 Å². The van der Waals surface area contributed by atoms with E-state index in [1.54, 1.807) is 0 Å². The van der Waals surface area contributed by atoms with Gasteiger partial charge in [-0.1, -0.05) is 55.3 Å². The maximum atomic E-state index is 13.0. The number of carboxylic acids is 1. The number of hydrogen-bond donors (Lipinski definition) is 2. The molecule has 1 atom stereocenters. The van der Waals surface area contributed by atoms with Crippen LogP contribution in [0.25, 0.3) is 11.1 Å². The van der Waals surface area contributed by atoms with Crippen LogP contribution >= 0.6 is 0 Å². The Morgan fingerprint density at radius 1 is 0.977 bits per heavy atom. The maximum Gasteiger partial charge on any atom is 0.337 e. The Balaban J connectivity index is 1.57. The van der Waals surface area contributed by atoms with E-state index in [-0.39, 0.29) is 11.3 Å². The van der Waals surface area contributed by atoms with Gasteiger partial charge in [-0.15, -0.1) is 0 Å². The van der Waals surface area contributed by atoms with E-state index in [0.717, 1.165) is 47.6 Å². The lowest BCUT2D eigenvalue weighted by atomic mass is 9.77. The second kappa shape index (κ2) is 12.5. The van der Waals surface area contributed by atoms with Crippen LogP contribution in [0.2, 0.25) is 0 Å². The summed E-state index contributed by atoms with van der Waals surface area (Å²) in [6.07, 6.45) is 6.05. The Hall–Kier alpha value is -3.71. The van der Waals surface area contributed by atoms with Crippen molar-refractivity contribution in [1.29, 1.82) is 0 Å². The van der Waals surface area contributed by atoms with E-state index < -0.39 is 17.7 Å². The number of amides is 1. The first kappa shape index (κ1) is 30.7. The summed E-state index contributed by atoms with van der Waals surface area (Å²) < 4.78 is 6.24. The minimum Gasteiger partial charge on any atom is -0.479 e. The van der Waals surface area contributed by atoms with Crippen molar-refractivity contribution < 1.29 is 19.4 Å². The van der Waals surface area contributed by atoms with Crippen molar-refractivity contribution in [3.8, 4) is 11.1 Å². The Kier molecular flexibility index (Phi) is 8.93. The third-order valence-electron chi connectivity index (χ3n) is 8.91. The fourth-order valence-corrected chi connectivity index (χ4v) is 7.02. The molecule has 1 saturated heterocycles. The van der Waals surface area contributed by atoms with Gasteiger partial charge in [-0.3, -0.25) is 9.78 Å². The Morgan fingerprint density at radius 2 is 1.63 bits per heavy atom. The zero-order valence-corrected chi connectivity index (χ0v) is 26.2. The van der Waals surface area contributed by atoms with Gasteiger partial charge in [-0.2, -0.15) is 0 Å². The lowest BCUT2D eigenvalue weighted by molar-refractivity contribution is -0.160. The Labute approximate surface area is 255 Å². The van der Waals surface area contributed by atoms with Crippen molar-refractivity contribution in [3.05, 3.63) is 82.7 Å². The molecule has 2 aliphatic rings. The molecule has 1 aliphatic heterocycles. The number of pyridine rings is 1. The number of carbonyl (C=O) groups is 2. The van der Waals surface area contributed by atoms with E-state index in [4.69, 9.17) is 9.72 Å². The Morgan fingerprint density at radius 3 is 2.26 bits per heavy atom. The van der Waals surface area contributed by atoms with Crippen LogP contribution in [-0.2, 0) is 16.1 Å². The fraction of sp³-hybridized carbons (Fsp3) is 0.472. The summed E-state index contributed by atoms with van der Waals surface area (Å²) >= 11 is 0. The highest BCUT2D eigenvalue weighted by Crippen LogP contribution is 2.49. The molecule has 0 unspecified atom stereocenters. The first-order valence-electron chi connectivity index (χ1n) is 15.6. The zero-order valence-electron chi connectivity index (χ0n) is 26.2. The number of rotatable bonds is 8. The van der Waals surface area contributed by atoms with Gasteiger partial charge >= 0.3 is 5.97 Å². The molecule has 1 saturated carbocycles. The monoisotopic (exact) mass is 583 g/mol. The number of anilines is 1. The summed E-state index contributed by atoms with van der Waals surface area (Å²) in [7, 11) is 0. The van der Waals surface area contributed by atoms with Crippen LogP contribution in [0.1, 0.15) is 98.3 Å². The summed E-state index contributed by atoms with van der Waals surface area (Å²) in [6.45, 7) is 11.8. The first-order valence-corrected chi connectivity index (χ1v) is 15.6. The van der Waals surface area contributed by atoms with Crippen LogP contribution in [0.5, 0.6) is 0 Å². The molecule has 0 bridgehead atoms. The minimum atomic E-state index is -1.16. The summed E-state index contributed by atoms with van der Waals surface area (Å²) in [5.41, 5.74) is 6.08. The third kappa shape index (κ3) is 6.93. The van der Waals surface area contributed by atoms with E-state index >= 15 is 0 Å². The van der Waals surface area contributed by atoms with Gasteiger partial charge in [0.1, 0.15) is 0 Å². The van der Waals surface area contributed by atoms with Gasteiger partial charge in [0.05, 0.1) is 11.3 Å². The molecule has 1 amide bonds. The molecule has 43 heavy (non-hydrogen) atoms. The summed E-state index contributed by atoms with van der Waals surface area (Å²) in [6, 6.07) is 17.4. The topological polar surface area (TPSA) is 91.8 Å². The molecule has 7 nitrogen and oxygen atoms in total. The number of benzene rings is 2. The van der Waals surface area contributed by atoms with Crippen molar-refractivity contribution in [3.63, 3.8) is 0 Å². The molecule has 1 aromatic heterocycles. The van der Waals surface area contributed by atoms with Gasteiger partial charge in [-0.05, 0) is 89.0 Å². The van der Waals surface area contributed by atoms with Crippen LogP contribution < -0.4 is 10.2 Å². The second-order valence-electron chi connectivity index (χ2n) is 13.3. The average molecular weight is 584 g/mol. The highest BCUT2D eigenvalue weighted by Gasteiger charge is 2.41. The lowest BCUT2D eigenvalue weighted by Gasteiger charge is -2.44. The quantitative estimate of drug-likeness (QED) is 0.287. The molecule has 3 aromatic rings. The first-order chi connectivity index (χ1) is 20.5. The standard InChI is InChI=1S/C36H45N3O4/c1-24-29(27-14-16-28(17-15-27)33(40)37-22-26-12-7-6-8-13-26)31(39-21-11-20-36(23-39)18-9-10-19-36)30(25(2)38-24)32(34(41)42)43-35(3,4)5/h6-8,12-17,32H,9-11,18-23H2,1-5H3,(H,37,40)(H,41,42)/t32-/m0/s1. The molecule has 7 heteroatoms. The van der Waals surface area contributed by atoms with Gasteiger partial charge < -0.3 is 20.1 Å². The Bertz CT molecular complexity index is 1450. The van der Waals surface area contributed by atoms with E-state index in [1.807, 2.05) is 89.2 Å². The SMILES string of the molecule is Cc1nc(C)c([C@H](OC(C)(C)C)C(=O)O)c(N2CCCC3(CCCC3)C2)c1-c1ccc(C(=O)NCc2ccccc2)cc1. The molecule has 1 aliphatic carbocycles. The predicted octanol–water partition coefficient (Wildman–Crippen LogP) is 7.40. The van der Waals surface area contributed by atoms with Gasteiger partial charge in [0.2, 0.25) is 0 Å².